The maximum Gasteiger partial charge on any atom is 0.309 e. The van der Waals surface area contributed by atoms with Gasteiger partial charge in [-0.2, -0.15) is 0 Å². The molecule has 0 atom stereocenters. The molecule has 0 amide bonds. The number of aliphatic carboxylic acids is 1. The molecule has 1 aromatic rings. The predicted octanol–water partition coefficient (Wildman–Crippen LogP) is 3.11. The highest BCUT2D eigenvalue weighted by molar-refractivity contribution is 5.76. The van der Waals surface area contributed by atoms with Crippen molar-refractivity contribution in [3.63, 3.8) is 0 Å². The summed E-state index contributed by atoms with van der Waals surface area (Å²) in [5.74, 6) is 0.170. The molecule has 0 saturated heterocycles. The highest BCUT2D eigenvalue weighted by atomic mass is 16.5. The second-order valence-corrected chi connectivity index (χ2v) is 5.39. The zero-order chi connectivity index (χ0) is 13.3. The first-order chi connectivity index (χ1) is 8.48. The van der Waals surface area contributed by atoms with Crippen LogP contribution in [0.4, 0.5) is 0 Å². The van der Waals surface area contributed by atoms with Crippen LogP contribution >= 0.6 is 0 Å². The number of benzene rings is 1. The maximum atomic E-state index is 11.4. The van der Waals surface area contributed by atoms with E-state index in [9.17, 15) is 9.90 Å². The molecule has 1 N–H and O–H groups in total. The Morgan fingerprint density at radius 3 is 2.50 bits per heavy atom. The van der Waals surface area contributed by atoms with Gasteiger partial charge in [0.2, 0.25) is 0 Å². The van der Waals surface area contributed by atoms with E-state index in [1.807, 2.05) is 13.8 Å². The normalized spacial score (nSPS) is 17.1. The maximum absolute atomic E-state index is 11.4. The molecule has 0 bridgehead atoms. The molecule has 18 heavy (non-hydrogen) atoms. The lowest BCUT2D eigenvalue weighted by molar-refractivity contribution is -0.154. The standard InChI is InChI=1S/C15H20O3/c1-10-7-11(2)13(18-3)12(8-10)9-15(14(16)17)5-4-6-15/h7-8H,4-6,9H2,1-3H3,(H,16,17). The molecule has 3 nitrogen and oxygen atoms in total. The number of carbonyl (C=O) groups is 1. The van der Waals surface area contributed by atoms with Crippen molar-refractivity contribution in [2.45, 2.75) is 39.5 Å². The van der Waals surface area contributed by atoms with E-state index in [0.717, 1.165) is 41.7 Å². The van der Waals surface area contributed by atoms with Crippen LogP contribution in [0.5, 0.6) is 5.75 Å². The number of hydrogen-bond acceptors (Lipinski definition) is 2. The molecule has 1 aliphatic carbocycles. The van der Waals surface area contributed by atoms with E-state index in [0.29, 0.717) is 6.42 Å². The first-order valence-corrected chi connectivity index (χ1v) is 6.36. The molecule has 1 aliphatic rings. The van der Waals surface area contributed by atoms with E-state index in [2.05, 4.69) is 12.1 Å². The summed E-state index contributed by atoms with van der Waals surface area (Å²) in [6.45, 7) is 4.04. The fourth-order valence-corrected chi connectivity index (χ4v) is 2.90. The lowest BCUT2D eigenvalue weighted by atomic mass is 9.65. The molecule has 0 spiro atoms. The SMILES string of the molecule is COc1c(C)cc(C)cc1CC1(C(=O)O)CCC1. The summed E-state index contributed by atoms with van der Waals surface area (Å²) in [4.78, 5) is 11.4. The predicted molar refractivity (Wildman–Crippen MR) is 70.1 cm³/mol. The fraction of sp³-hybridized carbons (Fsp3) is 0.533. The van der Waals surface area contributed by atoms with Crippen LogP contribution < -0.4 is 4.74 Å². The van der Waals surface area contributed by atoms with Gasteiger partial charge in [-0.15, -0.1) is 0 Å². The van der Waals surface area contributed by atoms with Crippen LogP contribution in [0.3, 0.4) is 0 Å². The van der Waals surface area contributed by atoms with Crippen molar-refractivity contribution in [1.29, 1.82) is 0 Å². The van der Waals surface area contributed by atoms with Crippen molar-refractivity contribution in [1.82, 2.24) is 0 Å². The summed E-state index contributed by atoms with van der Waals surface area (Å²) >= 11 is 0. The van der Waals surface area contributed by atoms with Gasteiger partial charge in [0, 0.05) is 0 Å². The van der Waals surface area contributed by atoms with Crippen molar-refractivity contribution in [2.75, 3.05) is 7.11 Å². The lowest BCUT2D eigenvalue weighted by Crippen LogP contribution is -2.40. The van der Waals surface area contributed by atoms with Crippen LogP contribution in [0.15, 0.2) is 12.1 Å². The zero-order valence-electron chi connectivity index (χ0n) is 11.2. The van der Waals surface area contributed by atoms with Gasteiger partial charge in [-0.25, -0.2) is 0 Å². The minimum absolute atomic E-state index is 0.562. The van der Waals surface area contributed by atoms with E-state index >= 15 is 0 Å². The summed E-state index contributed by atoms with van der Waals surface area (Å²) in [5.41, 5.74) is 2.70. The summed E-state index contributed by atoms with van der Waals surface area (Å²) in [6, 6.07) is 4.12. The van der Waals surface area contributed by atoms with Crippen LogP contribution in [-0.2, 0) is 11.2 Å². The van der Waals surface area contributed by atoms with Gasteiger partial charge in [0.1, 0.15) is 5.75 Å². The number of rotatable bonds is 4. The Balaban J connectivity index is 2.36. The first-order valence-electron chi connectivity index (χ1n) is 6.36. The van der Waals surface area contributed by atoms with Gasteiger partial charge in [-0.1, -0.05) is 24.1 Å². The van der Waals surface area contributed by atoms with Crippen LogP contribution in [0, 0.1) is 19.3 Å². The number of carboxylic acids is 1. The third-order valence-electron chi connectivity index (χ3n) is 3.99. The average molecular weight is 248 g/mol. The Hall–Kier alpha value is -1.51. The van der Waals surface area contributed by atoms with E-state index in [1.54, 1.807) is 7.11 Å². The Morgan fingerprint density at radius 1 is 1.39 bits per heavy atom. The van der Waals surface area contributed by atoms with Crippen LogP contribution in [0.2, 0.25) is 0 Å². The molecule has 1 fully saturated rings. The third kappa shape index (κ3) is 2.09. The summed E-state index contributed by atoms with van der Waals surface area (Å²) < 4.78 is 5.43. The third-order valence-corrected chi connectivity index (χ3v) is 3.99. The second kappa shape index (κ2) is 4.63. The van der Waals surface area contributed by atoms with E-state index in [1.165, 1.54) is 0 Å². The van der Waals surface area contributed by atoms with Gasteiger partial charge >= 0.3 is 5.97 Å². The van der Waals surface area contributed by atoms with Gasteiger partial charge < -0.3 is 9.84 Å². The Kier molecular flexibility index (Phi) is 3.33. The molecular formula is C15H20O3. The molecule has 0 unspecified atom stereocenters. The largest absolute Gasteiger partial charge is 0.496 e. The molecule has 98 valence electrons. The monoisotopic (exact) mass is 248 g/mol. The van der Waals surface area contributed by atoms with E-state index < -0.39 is 11.4 Å². The molecule has 3 heteroatoms. The molecule has 1 aromatic carbocycles. The van der Waals surface area contributed by atoms with E-state index in [-0.39, 0.29) is 0 Å². The van der Waals surface area contributed by atoms with Gasteiger partial charge in [0.05, 0.1) is 12.5 Å². The number of ether oxygens (including phenoxy) is 1. The van der Waals surface area contributed by atoms with Crippen molar-refractivity contribution in [3.8, 4) is 5.75 Å². The Bertz CT molecular complexity index is 473. The lowest BCUT2D eigenvalue weighted by Gasteiger charge is -2.38. The average Bonchev–Trinajstić information content (AvgIpc) is 2.22. The van der Waals surface area contributed by atoms with Crippen molar-refractivity contribution >= 4 is 5.97 Å². The van der Waals surface area contributed by atoms with Gasteiger partial charge in [-0.3, -0.25) is 4.79 Å². The van der Waals surface area contributed by atoms with Crippen molar-refractivity contribution < 1.29 is 14.6 Å². The van der Waals surface area contributed by atoms with Gasteiger partial charge in [0.15, 0.2) is 0 Å². The first kappa shape index (κ1) is 12.9. The highest BCUT2D eigenvalue weighted by Gasteiger charge is 2.44. The minimum Gasteiger partial charge on any atom is -0.496 e. The topological polar surface area (TPSA) is 46.5 Å². The van der Waals surface area contributed by atoms with Crippen molar-refractivity contribution in [3.05, 3.63) is 28.8 Å². The highest BCUT2D eigenvalue weighted by Crippen LogP contribution is 2.45. The molecule has 1 saturated carbocycles. The van der Waals surface area contributed by atoms with Gasteiger partial charge in [-0.05, 0) is 44.2 Å². The number of aryl methyl sites for hydroxylation is 2. The van der Waals surface area contributed by atoms with Crippen LogP contribution in [0.1, 0.15) is 36.0 Å². The van der Waals surface area contributed by atoms with Gasteiger partial charge in [0.25, 0.3) is 0 Å². The molecule has 0 aliphatic heterocycles. The zero-order valence-corrected chi connectivity index (χ0v) is 11.2. The molecule has 2 rings (SSSR count). The Labute approximate surface area is 108 Å². The molecule has 0 heterocycles. The summed E-state index contributed by atoms with van der Waals surface area (Å²) in [7, 11) is 1.65. The fourth-order valence-electron chi connectivity index (χ4n) is 2.90. The smallest absolute Gasteiger partial charge is 0.309 e. The number of carboxylic acid groups (broad SMARTS) is 1. The minimum atomic E-state index is -0.671. The van der Waals surface area contributed by atoms with Crippen LogP contribution in [-0.4, -0.2) is 18.2 Å². The number of methoxy groups -OCH3 is 1. The molecule has 0 radical (unpaired) electrons. The molecular weight excluding hydrogens is 228 g/mol. The second-order valence-electron chi connectivity index (χ2n) is 5.39. The van der Waals surface area contributed by atoms with Crippen molar-refractivity contribution in [2.24, 2.45) is 5.41 Å². The van der Waals surface area contributed by atoms with E-state index in [4.69, 9.17) is 4.74 Å². The summed E-state index contributed by atoms with van der Waals surface area (Å²) in [5, 5.41) is 9.41. The molecule has 0 aromatic heterocycles. The summed E-state index contributed by atoms with van der Waals surface area (Å²) in [6.07, 6.45) is 3.14. The number of hydrogen-bond donors (Lipinski definition) is 1. The Morgan fingerprint density at radius 2 is 2.06 bits per heavy atom. The van der Waals surface area contributed by atoms with Crippen LogP contribution in [0.25, 0.3) is 0 Å². The quantitative estimate of drug-likeness (QED) is 0.890.